The lowest BCUT2D eigenvalue weighted by atomic mass is 10.2. The molecule has 1 rings (SSSR count). The molecule has 1 saturated heterocycles. The van der Waals surface area contributed by atoms with E-state index in [4.69, 9.17) is 5.11 Å². The average molecular weight is 167 g/mol. The molecule has 0 radical (unpaired) electrons. The summed E-state index contributed by atoms with van der Waals surface area (Å²) in [5, 5.41) is 9.02. The van der Waals surface area contributed by atoms with Gasteiger partial charge in [-0.1, -0.05) is 0 Å². The van der Waals surface area contributed by atoms with Crippen molar-refractivity contribution in [1.82, 2.24) is 4.90 Å². The van der Waals surface area contributed by atoms with E-state index < -0.39 is 0 Å². The molecule has 1 aliphatic rings. The topological polar surface area (TPSA) is 23.5 Å². The Labute approximate surface area is 74.6 Å². The molecule has 1 aliphatic heterocycles. The summed E-state index contributed by atoms with van der Waals surface area (Å²) in [6, 6.07) is 0.406. The Kier molecular flexibility index (Phi) is 4.13. The Morgan fingerprint density at radius 1 is 1.58 bits per heavy atom. The van der Waals surface area contributed by atoms with Crippen LogP contribution in [0.5, 0.6) is 0 Å². The third kappa shape index (κ3) is 2.51. The van der Waals surface area contributed by atoms with E-state index in [9.17, 15) is 0 Å². The molecule has 12 heavy (non-hydrogen) atoms. The SMILES string of the molecule is CC#CCCN1CCC[C@H]1CO. The smallest absolute Gasteiger partial charge is 0.0586 e. The molecule has 0 bridgehead atoms. The molecule has 0 saturated carbocycles. The molecule has 0 spiro atoms. The lowest BCUT2D eigenvalue weighted by Gasteiger charge is -2.21. The van der Waals surface area contributed by atoms with Crippen LogP contribution in [0.15, 0.2) is 0 Å². The van der Waals surface area contributed by atoms with Gasteiger partial charge < -0.3 is 5.11 Å². The van der Waals surface area contributed by atoms with Crippen LogP contribution < -0.4 is 0 Å². The maximum absolute atomic E-state index is 9.02. The van der Waals surface area contributed by atoms with Crippen molar-refractivity contribution < 1.29 is 5.11 Å². The first-order valence-electron chi connectivity index (χ1n) is 4.63. The van der Waals surface area contributed by atoms with E-state index in [1.165, 1.54) is 6.42 Å². The fraction of sp³-hybridized carbons (Fsp3) is 0.800. The molecule has 0 amide bonds. The number of hydrogen-bond donors (Lipinski definition) is 1. The van der Waals surface area contributed by atoms with Crippen LogP contribution in [0.25, 0.3) is 0 Å². The van der Waals surface area contributed by atoms with Crippen molar-refractivity contribution in [2.75, 3.05) is 19.7 Å². The summed E-state index contributed by atoms with van der Waals surface area (Å²) < 4.78 is 0. The van der Waals surface area contributed by atoms with Gasteiger partial charge in [-0.05, 0) is 26.3 Å². The third-order valence-electron chi connectivity index (χ3n) is 2.41. The Morgan fingerprint density at radius 3 is 3.08 bits per heavy atom. The van der Waals surface area contributed by atoms with Gasteiger partial charge >= 0.3 is 0 Å². The predicted molar refractivity (Wildman–Crippen MR) is 49.7 cm³/mol. The molecule has 1 fully saturated rings. The van der Waals surface area contributed by atoms with Crippen molar-refractivity contribution in [3.8, 4) is 11.8 Å². The first-order chi connectivity index (χ1) is 5.88. The van der Waals surface area contributed by atoms with Gasteiger partial charge in [0.1, 0.15) is 0 Å². The second kappa shape index (κ2) is 5.18. The van der Waals surface area contributed by atoms with E-state index in [1.54, 1.807) is 0 Å². The van der Waals surface area contributed by atoms with E-state index in [2.05, 4.69) is 16.7 Å². The number of nitrogens with zero attached hydrogens (tertiary/aromatic N) is 1. The highest BCUT2D eigenvalue weighted by molar-refractivity contribution is 4.96. The Balaban J connectivity index is 2.24. The van der Waals surface area contributed by atoms with Crippen LogP contribution in [0.1, 0.15) is 26.2 Å². The van der Waals surface area contributed by atoms with Crippen LogP contribution in [0.3, 0.4) is 0 Å². The number of rotatable bonds is 3. The molecule has 1 N–H and O–H groups in total. The zero-order valence-corrected chi connectivity index (χ0v) is 7.71. The molecule has 68 valence electrons. The van der Waals surface area contributed by atoms with E-state index in [0.717, 1.165) is 25.9 Å². The largest absolute Gasteiger partial charge is 0.395 e. The summed E-state index contributed by atoms with van der Waals surface area (Å²) >= 11 is 0. The monoisotopic (exact) mass is 167 g/mol. The molecule has 0 aromatic carbocycles. The highest BCUT2D eigenvalue weighted by atomic mass is 16.3. The van der Waals surface area contributed by atoms with Crippen LogP contribution in [-0.4, -0.2) is 35.7 Å². The summed E-state index contributed by atoms with van der Waals surface area (Å²) in [7, 11) is 0. The second-order valence-electron chi connectivity index (χ2n) is 3.19. The van der Waals surface area contributed by atoms with E-state index in [1.807, 2.05) is 6.92 Å². The minimum atomic E-state index is 0.305. The molecular weight excluding hydrogens is 150 g/mol. The van der Waals surface area contributed by atoms with Gasteiger partial charge in [0.05, 0.1) is 6.61 Å². The zero-order chi connectivity index (χ0) is 8.81. The molecule has 0 aromatic rings. The van der Waals surface area contributed by atoms with Crippen molar-refractivity contribution in [1.29, 1.82) is 0 Å². The fourth-order valence-corrected chi connectivity index (χ4v) is 1.72. The van der Waals surface area contributed by atoms with Gasteiger partial charge in [0.25, 0.3) is 0 Å². The minimum absolute atomic E-state index is 0.305. The summed E-state index contributed by atoms with van der Waals surface area (Å²) in [6.45, 7) is 4.33. The van der Waals surface area contributed by atoms with E-state index in [-0.39, 0.29) is 0 Å². The highest BCUT2D eigenvalue weighted by Gasteiger charge is 2.22. The number of aliphatic hydroxyl groups excluding tert-OH is 1. The average Bonchev–Trinajstić information content (AvgIpc) is 2.52. The first kappa shape index (κ1) is 9.57. The van der Waals surface area contributed by atoms with Gasteiger partial charge in [-0.15, -0.1) is 11.8 Å². The van der Waals surface area contributed by atoms with Crippen LogP contribution in [0, 0.1) is 11.8 Å². The summed E-state index contributed by atoms with van der Waals surface area (Å²) in [5.41, 5.74) is 0. The minimum Gasteiger partial charge on any atom is -0.395 e. The van der Waals surface area contributed by atoms with Crippen molar-refractivity contribution >= 4 is 0 Å². The van der Waals surface area contributed by atoms with Gasteiger partial charge in [-0.2, -0.15) is 0 Å². The Bertz CT molecular complexity index is 180. The van der Waals surface area contributed by atoms with Crippen LogP contribution in [0.2, 0.25) is 0 Å². The van der Waals surface area contributed by atoms with Gasteiger partial charge in [-0.3, -0.25) is 4.90 Å². The van der Waals surface area contributed by atoms with E-state index in [0.29, 0.717) is 12.6 Å². The van der Waals surface area contributed by atoms with Gasteiger partial charge in [0.2, 0.25) is 0 Å². The van der Waals surface area contributed by atoms with Gasteiger partial charge in [0.15, 0.2) is 0 Å². The standard InChI is InChI=1S/C10H17NO/c1-2-3-4-7-11-8-5-6-10(11)9-12/h10,12H,4-9H2,1H3/t10-/m0/s1. The first-order valence-corrected chi connectivity index (χ1v) is 4.63. The van der Waals surface area contributed by atoms with Crippen molar-refractivity contribution in [2.45, 2.75) is 32.2 Å². The third-order valence-corrected chi connectivity index (χ3v) is 2.41. The normalized spacial score (nSPS) is 23.7. The fourth-order valence-electron chi connectivity index (χ4n) is 1.72. The Hall–Kier alpha value is -0.520. The molecule has 2 nitrogen and oxygen atoms in total. The van der Waals surface area contributed by atoms with Crippen molar-refractivity contribution in [2.24, 2.45) is 0 Å². The van der Waals surface area contributed by atoms with E-state index >= 15 is 0 Å². The van der Waals surface area contributed by atoms with Gasteiger partial charge in [0, 0.05) is 19.0 Å². The molecule has 1 heterocycles. The van der Waals surface area contributed by atoms with Crippen LogP contribution in [-0.2, 0) is 0 Å². The lowest BCUT2D eigenvalue weighted by Crippen LogP contribution is -2.32. The quantitative estimate of drug-likeness (QED) is 0.630. The Morgan fingerprint density at radius 2 is 2.42 bits per heavy atom. The number of likely N-dealkylation sites (tertiary alicyclic amines) is 1. The van der Waals surface area contributed by atoms with Crippen molar-refractivity contribution in [3.63, 3.8) is 0 Å². The number of hydrogen-bond acceptors (Lipinski definition) is 2. The molecular formula is C10H17NO. The van der Waals surface area contributed by atoms with Crippen LogP contribution >= 0.6 is 0 Å². The molecule has 0 unspecified atom stereocenters. The summed E-state index contributed by atoms with van der Waals surface area (Å²) in [6.07, 6.45) is 3.31. The molecule has 0 aliphatic carbocycles. The lowest BCUT2D eigenvalue weighted by molar-refractivity contribution is 0.161. The summed E-state index contributed by atoms with van der Waals surface area (Å²) in [5.74, 6) is 5.93. The van der Waals surface area contributed by atoms with Crippen LogP contribution in [0.4, 0.5) is 0 Å². The maximum Gasteiger partial charge on any atom is 0.0586 e. The molecule has 0 aromatic heterocycles. The number of aliphatic hydroxyl groups is 1. The van der Waals surface area contributed by atoms with Gasteiger partial charge in [-0.25, -0.2) is 0 Å². The zero-order valence-electron chi connectivity index (χ0n) is 7.71. The molecule has 2 heteroatoms. The second-order valence-corrected chi connectivity index (χ2v) is 3.19. The predicted octanol–water partition coefficient (Wildman–Crippen LogP) is 0.857. The van der Waals surface area contributed by atoms with Crippen molar-refractivity contribution in [3.05, 3.63) is 0 Å². The molecule has 1 atom stereocenters. The maximum atomic E-state index is 9.02. The highest BCUT2D eigenvalue weighted by Crippen LogP contribution is 2.16. The summed E-state index contributed by atoms with van der Waals surface area (Å²) in [4.78, 5) is 2.34.